The van der Waals surface area contributed by atoms with E-state index in [4.69, 9.17) is 4.74 Å². The molecule has 1 N–H and O–H groups in total. The number of carboxylic acid groups (broad SMARTS) is 1. The van der Waals surface area contributed by atoms with Crippen molar-refractivity contribution in [1.82, 2.24) is 4.90 Å². The fourth-order valence-corrected chi connectivity index (χ4v) is 3.05. The molecule has 3 atom stereocenters. The second-order valence-electron chi connectivity index (χ2n) is 6.94. The molecular formula is C19H27NO4. The first-order valence-electron chi connectivity index (χ1n) is 8.59. The van der Waals surface area contributed by atoms with E-state index >= 15 is 0 Å². The molecule has 1 aromatic carbocycles. The maximum Gasteiger partial charge on any atom is 0.308 e. The van der Waals surface area contributed by atoms with Gasteiger partial charge in [0.1, 0.15) is 5.75 Å². The summed E-state index contributed by atoms with van der Waals surface area (Å²) in [6.07, 6.45) is 0.687. The molecule has 3 unspecified atom stereocenters. The molecule has 1 amide bonds. The van der Waals surface area contributed by atoms with E-state index in [1.54, 1.807) is 11.8 Å². The van der Waals surface area contributed by atoms with Gasteiger partial charge in [-0.05, 0) is 50.3 Å². The van der Waals surface area contributed by atoms with E-state index in [1.807, 2.05) is 31.2 Å². The lowest BCUT2D eigenvalue weighted by molar-refractivity contribution is -0.149. The van der Waals surface area contributed by atoms with E-state index in [-0.39, 0.29) is 18.5 Å². The number of carboxylic acids is 1. The molecule has 1 saturated heterocycles. The second kappa shape index (κ2) is 7.69. The van der Waals surface area contributed by atoms with Gasteiger partial charge in [0, 0.05) is 12.6 Å². The largest absolute Gasteiger partial charge is 0.481 e. The van der Waals surface area contributed by atoms with Crippen LogP contribution >= 0.6 is 0 Å². The molecule has 1 heterocycles. The quantitative estimate of drug-likeness (QED) is 0.898. The molecule has 0 aromatic heterocycles. The Morgan fingerprint density at radius 2 is 1.96 bits per heavy atom. The van der Waals surface area contributed by atoms with Crippen LogP contribution in [0.4, 0.5) is 0 Å². The fraction of sp³-hybridized carbons (Fsp3) is 0.579. The van der Waals surface area contributed by atoms with Crippen molar-refractivity contribution in [2.75, 3.05) is 6.54 Å². The highest BCUT2D eigenvalue weighted by atomic mass is 16.5. The van der Waals surface area contributed by atoms with Crippen molar-refractivity contribution < 1.29 is 19.4 Å². The summed E-state index contributed by atoms with van der Waals surface area (Å²) in [5.74, 6) is -0.414. The van der Waals surface area contributed by atoms with Crippen molar-refractivity contribution >= 4 is 11.9 Å². The summed E-state index contributed by atoms with van der Waals surface area (Å²) in [5, 5.41) is 9.21. The molecule has 0 bridgehead atoms. The Morgan fingerprint density at radius 1 is 1.25 bits per heavy atom. The first kappa shape index (κ1) is 18.3. The molecule has 0 radical (unpaired) electrons. The van der Waals surface area contributed by atoms with E-state index < -0.39 is 18.0 Å². The Balaban J connectivity index is 2.05. The number of ether oxygens (including phenoxy) is 1. The van der Waals surface area contributed by atoms with E-state index in [0.717, 1.165) is 5.56 Å². The summed E-state index contributed by atoms with van der Waals surface area (Å²) in [6.45, 7) is 8.16. The molecule has 1 aliphatic heterocycles. The number of aliphatic carboxylic acids is 1. The monoisotopic (exact) mass is 333 g/mol. The van der Waals surface area contributed by atoms with Gasteiger partial charge in [0.25, 0.3) is 5.91 Å². The molecule has 24 heavy (non-hydrogen) atoms. The van der Waals surface area contributed by atoms with Crippen LogP contribution in [0.3, 0.4) is 0 Å². The third-order valence-electron chi connectivity index (χ3n) is 4.70. The predicted octanol–water partition coefficient (Wildman–Crippen LogP) is 3.29. The highest BCUT2D eigenvalue weighted by molar-refractivity contribution is 5.82. The Labute approximate surface area is 143 Å². The number of piperidine rings is 1. The summed E-state index contributed by atoms with van der Waals surface area (Å²) in [6, 6.07) is 7.80. The van der Waals surface area contributed by atoms with Gasteiger partial charge in [-0.2, -0.15) is 0 Å². The zero-order chi connectivity index (χ0) is 17.9. The third-order valence-corrected chi connectivity index (χ3v) is 4.70. The number of amides is 1. The predicted molar refractivity (Wildman–Crippen MR) is 92.2 cm³/mol. The van der Waals surface area contributed by atoms with Crippen LogP contribution in [-0.4, -0.2) is 40.6 Å². The Morgan fingerprint density at radius 3 is 2.58 bits per heavy atom. The van der Waals surface area contributed by atoms with Crippen molar-refractivity contribution in [2.45, 2.75) is 58.6 Å². The van der Waals surface area contributed by atoms with Gasteiger partial charge in [0.05, 0.1) is 5.92 Å². The lowest BCUT2D eigenvalue weighted by Gasteiger charge is -2.37. The molecular weight excluding hydrogens is 306 g/mol. The van der Waals surface area contributed by atoms with Crippen LogP contribution in [0.25, 0.3) is 0 Å². The molecule has 0 spiro atoms. The van der Waals surface area contributed by atoms with Crippen LogP contribution in [0.1, 0.15) is 52.0 Å². The number of hydrogen-bond donors (Lipinski definition) is 1. The van der Waals surface area contributed by atoms with Gasteiger partial charge in [0.15, 0.2) is 6.10 Å². The standard InChI is InChI=1S/C19H27NO4/c1-12(2)15-6-5-7-17(10-15)24-14(4)18(21)20-11-16(19(22)23)9-8-13(20)3/h5-7,10,12-14,16H,8-9,11H2,1-4H3,(H,22,23). The molecule has 0 aliphatic carbocycles. The van der Waals surface area contributed by atoms with Gasteiger partial charge in [-0.15, -0.1) is 0 Å². The first-order chi connectivity index (χ1) is 11.3. The fourth-order valence-electron chi connectivity index (χ4n) is 3.05. The number of hydrogen-bond acceptors (Lipinski definition) is 3. The summed E-state index contributed by atoms with van der Waals surface area (Å²) in [5.41, 5.74) is 1.16. The van der Waals surface area contributed by atoms with E-state index in [9.17, 15) is 14.7 Å². The van der Waals surface area contributed by atoms with E-state index in [0.29, 0.717) is 24.5 Å². The smallest absolute Gasteiger partial charge is 0.308 e. The van der Waals surface area contributed by atoms with Crippen molar-refractivity contribution in [3.8, 4) is 5.75 Å². The number of nitrogens with zero attached hydrogens (tertiary/aromatic N) is 1. The van der Waals surface area contributed by atoms with Crippen molar-refractivity contribution in [3.05, 3.63) is 29.8 Å². The zero-order valence-corrected chi connectivity index (χ0v) is 14.9. The number of carbonyl (C=O) groups is 2. The second-order valence-corrected chi connectivity index (χ2v) is 6.94. The number of rotatable bonds is 5. The minimum Gasteiger partial charge on any atom is -0.481 e. The number of carbonyl (C=O) groups excluding carboxylic acids is 1. The third kappa shape index (κ3) is 4.28. The van der Waals surface area contributed by atoms with Gasteiger partial charge < -0.3 is 14.7 Å². The maximum absolute atomic E-state index is 12.7. The first-order valence-corrected chi connectivity index (χ1v) is 8.59. The van der Waals surface area contributed by atoms with Crippen LogP contribution in [0.5, 0.6) is 5.75 Å². The van der Waals surface area contributed by atoms with Crippen molar-refractivity contribution in [1.29, 1.82) is 0 Å². The molecule has 1 aliphatic rings. The van der Waals surface area contributed by atoms with E-state index in [1.165, 1.54) is 0 Å². The molecule has 0 saturated carbocycles. The van der Waals surface area contributed by atoms with E-state index in [2.05, 4.69) is 13.8 Å². The molecule has 2 rings (SSSR count). The van der Waals surface area contributed by atoms with Gasteiger partial charge in [-0.3, -0.25) is 9.59 Å². The lowest BCUT2D eigenvalue weighted by atomic mass is 9.93. The molecule has 5 heteroatoms. The average molecular weight is 333 g/mol. The van der Waals surface area contributed by atoms with Crippen LogP contribution < -0.4 is 4.74 Å². The van der Waals surface area contributed by atoms with Gasteiger partial charge in [-0.25, -0.2) is 0 Å². The lowest BCUT2D eigenvalue weighted by Crippen LogP contribution is -2.51. The van der Waals surface area contributed by atoms with Crippen molar-refractivity contribution in [2.24, 2.45) is 5.92 Å². The summed E-state index contributed by atoms with van der Waals surface area (Å²) >= 11 is 0. The van der Waals surface area contributed by atoms with Crippen LogP contribution in [0.2, 0.25) is 0 Å². The van der Waals surface area contributed by atoms with Crippen molar-refractivity contribution in [3.63, 3.8) is 0 Å². The van der Waals surface area contributed by atoms with Crippen LogP contribution in [0, 0.1) is 5.92 Å². The van der Waals surface area contributed by atoms with Gasteiger partial charge >= 0.3 is 5.97 Å². The normalized spacial score (nSPS) is 22.3. The molecule has 5 nitrogen and oxygen atoms in total. The highest BCUT2D eigenvalue weighted by Crippen LogP contribution is 2.25. The summed E-state index contributed by atoms with van der Waals surface area (Å²) in [4.78, 5) is 25.6. The summed E-state index contributed by atoms with van der Waals surface area (Å²) < 4.78 is 5.83. The molecule has 1 fully saturated rings. The SMILES string of the molecule is CC(Oc1cccc(C(C)C)c1)C(=O)N1CC(C(=O)O)CCC1C. The summed E-state index contributed by atoms with van der Waals surface area (Å²) in [7, 11) is 0. The van der Waals surface area contributed by atoms with Crippen LogP contribution in [-0.2, 0) is 9.59 Å². The topological polar surface area (TPSA) is 66.8 Å². The molecule has 132 valence electrons. The highest BCUT2D eigenvalue weighted by Gasteiger charge is 2.34. The van der Waals surface area contributed by atoms with Gasteiger partial charge in [0.2, 0.25) is 0 Å². The average Bonchev–Trinajstić information content (AvgIpc) is 2.54. The van der Waals surface area contributed by atoms with Gasteiger partial charge in [-0.1, -0.05) is 26.0 Å². The Kier molecular flexibility index (Phi) is 5.86. The zero-order valence-electron chi connectivity index (χ0n) is 14.9. The Hall–Kier alpha value is -2.04. The minimum atomic E-state index is -0.835. The maximum atomic E-state index is 12.7. The Bertz CT molecular complexity index is 599. The van der Waals surface area contributed by atoms with Crippen LogP contribution in [0.15, 0.2) is 24.3 Å². The number of benzene rings is 1. The molecule has 1 aromatic rings. The minimum absolute atomic E-state index is 0.0427. The number of likely N-dealkylation sites (tertiary alicyclic amines) is 1.